The van der Waals surface area contributed by atoms with Gasteiger partial charge in [0, 0.05) is 13.1 Å². The molecule has 1 aliphatic carbocycles. The van der Waals surface area contributed by atoms with Crippen LogP contribution < -0.4 is 5.73 Å². The Morgan fingerprint density at radius 2 is 1.80 bits per heavy atom. The number of rotatable bonds is 4. The highest BCUT2D eigenvalue weighted by atomic mass is 16.4. The minimum Gasteiger partial charge on any atom is -0.479 e. The lowest BCUT2D eigenvalue weighted by molar-refractivity contribution is -0.162. The lowest BCUT2D eigenvalue weighted by Crippen LogP contribution is -2.58. The molecule has 2 aliphatic rings. The summed E-state index contributed by atoms with van der Waals surface area (Å²) in [5.41, 5.74) is 4.40. The van der Waals surface area contributed by atoms with Gasteiger partial charge in [0.25, 0.3) is 0 Å². The zero-order valence-corrected chi connectivity index (χ0v) is 12.4. The van der Waals surface area contributed by atoms with Gasteiger partial charge in [-0.15, -0.1) is 0 Å². The number of likely N-dealkylation sites (tertiary alicyclic amines) is 1. The largest absolute Gasteiger partial charge is 0.479 e. The van der Waals surface area contributed by atoms with Crippen LogP contribution >= 0.6 is 0 Å². The van der Waals surface area contributed by atoms with Crippen molar-refractivity contribution in [3.63, 3.8) is 0 Å². The van der Waals surface area contributed by atoms with Gasteiger partial charge in [-0.05, 0) is 32.1 Å². The molecule has 0 bridgehead atoms. The third kappa shape index (κ3) is 2.22. The van der Waals surface area contributed by atoms with Gasteiger partial charge in [0.1, 0.15) is 5.54 Å². The molecule has 5 nitrogen and oxygen atoms in total. The molecule has 1 atom stereocenters. The van der Waals surface area contributed by atoms with Crippen molar-refractivity contribution in [1.29, 1.82) is 0 Å². The number of carbonyl (C=O) groups excluding carboxylic acids is 1. The topological polar surface area (TPSA) is 83.6 Å². The van der Waals surface area contributed by atoms with E-state index in [-0.39, 0.29) is 5.91 Å². The first-order valence-corrected chi connectivity index (χ1v) is 7.78. The van der Waals surface area contributed by atoms with E-state index in [1.54, 1.807) is 4.90 Å². The summed E-state index contributed by atoms with van der Waals surface area (Å²) in [5.74, 6) is -0.879. The Morgan fingerprint density at radius 3 is 2.30 bits per heavy atom. The number of amides is 1. The standard InChI is InChI=1S/C15H26N2O3/c1-2-15(13(19)20)9-6-10-17(15)12(18)14(11-16)7-4-3-5-8-14/h2-11,16H2,1H3,(H,19,20). The maximum atomic E-state index is 13.0. The van der Waals surface area contributed by atoms with E-state index in [0.717, 1.165) is 38.5 Å². The van der Waals surface area contributed by atoms with Gasteiger partial charge in [0.2, 0.25) is 5.91 Å². The fourth-order valence-corrected chi connectivity index (χ4v) is 3.94. The van der Waals surface area contributed by atoms with Crippen LogP contribution in [0.4, 0.5) is 0 Å². The van der Waals surface area contributed by atoms with E-state index in [9.17, 15) is 14.7 Å². The molecule has 5 heteroatoms. The predicted octanol–water partition coefficient (Wildman–Crippen LogP) is 1.75. The number of nitrogens with zero attached hydrogens (tertiary/aromatic N) is 1. The summed E-state index contributed by atoms with van der Waals surface area (Å²) in [5, 5.41) is 9.61. The zero-order chi connectivity index (χ0) is 14.8. The Kier molecular flexibility index (Phi) is 4.37. The van der Waals surface area contributed by atoms with Gasteiger partial charge >= 0.3 is 5.97 Å². The second-order valence-corrected chi connectivity index (χ2v) is 6.30. The molecule has 0 aromatic rings. The number of nitrogens with two attached hydrogens (primary N) is 1. The van der Waals surface area contributed by atoms with Crippen molar-refractivity contribution in [1.82, 2.24) is 4.90 Å². The third-order valence-electron chi connectivity index (χ3n) is 5.37. The third-order valence-corrected chi connectivity index (χ3v) is 5.37. The van der Waals surface area contributed by atoms with Crippen LogP contribution in [0.2, 0.25) is 0 Å². The summed E-state index contributed by atoms with van der Waals surface area (Å²) in [6, 6.07) is 0. The first-order valence-electron chi connectivity index (χ1n) is 7.78. The average molecular weight is 282 g/mol. The van der Waals surface area contributed by atoms with E-state index < -0.39 is 16.9 Å². The van der Waals surface area contributed by atoms with E-state index in [1.165, 1.54) is 0 Å². The number of aliphatic carboxylic acids is 1. The van der Waals surface area contributed by atoms with Crippen molar-refractivity contribution in [3.8, 4) is 0 Å². The second kappa shape index (κ2) is 5.72. The molecule has 20 heavy (non-hydrogen) atoms. The maximum absolute atomic E-state index is 13.0. The molecule has 0 radical (unpaired) electrons. The summed E-state index contributed by atoms with van der Waals surface area (Å²) < 4.78 is 0. The fraction of sp³-hybridized carbons (Fsp3) is 0.867. The molecule has 0 spiro atoms. The van der Waals surface area contributed by atoms with Crippen molar-refractivity contribution < 1.29 is 14.7 Å². The van der Waals surface area contributed by atoms with Gasteiger partial charge < -0.3 is 15.7 Å². The Morgan fingerprint density at radius 1 is 1.15 bits per heavy atom. The van der Waals surface area contributed by atoms with Crippen LogP contribution in [0, 0.1) is 5.41 Å². The number of hydrogen-bond acceptors (Lipinski definition) is 3. The molecule has 1 heterocycles. The lowest BCUT2D eigenvalue weighted by Gasteiger charge is -2.43. The Balaban J connectivity index is 2.28. The number of hydrogen-bond donors (Lipinski definition) is 2. The predicted molar refractivity (Wildman–Crippen MR) is 76.2 cm³/mol. The zero-order valence-electron chi connectivity index (χ0n) is 12.4. The van der Waals surface area contributed by atoms with E-state index >= 15 is 0 Å². The van der Waals surface area contributed by atoms with Gasteiger partial charge in [-0.1, -0.05) is 26.2 Å². The minimum atomic E-state index is -1.00. The summed E-state index contributed by atoms with van der Waals surface area (Å²) in [6.45, 7) is 2.75. The van der Waals surface area contributed by atoms with Crippen molar-refractivity contribution in [2.24, 2.45) is 11.1 Å². The molecule has 1 amide bonds. The van der Waals surface area contributed by atoms with Crippen LogP contribution in [-0.2, 0) is 9.59 Å². The molecule has 3 N–H and O–H groups in total. The summed E-state index contributed by atoms with van der Waals surface area (Å²) in [6.07, 6.45) is 6.59. The Labute approximate surface area is 120 Å². The molecule has 1 saturated heterocycles. The first kappa shape index (κ1) is 15.3. The van der Waals surface area contributed by atoms with Crippen molar-refractivity contribution in [3.05, 3.63) is 0 Å². The molecular formula is C15H26N2O3. The molecular weight excluding hydrogens is 256 g/mol. The number of carboxylic acid groups (broad SMARTS) is 1. The Hall–Kier alpha value is -1.10. The normalized spacial score (nSPS) is 29.4. The number of carboxylic acids is 1. The van der Waals surface area contributed by atoms with Gasteiger partial charge in [-0.3, -0.25) is 4.79 Å². The molecule has 2 rings (SSSR count). The summed E-state index contributed by atoms with van der Waals surface area (Å²) in [7, 11) is 0. The monoisotopic (exact) mass is 282 g/mol. The highest BCUT2D eigenvalue weighted by Crippen LogP contribution is 2.42. The van der Waals surface area contributed by atoms with Crippen LogP contribution in [0.15, 0.2) is 0 Å². The van der Waals surface area contributed by atoms with Gasteiger partial charge in [0.05, 0.1) is 5.41 Å². The highest BCUT2D eigenvalue weighted by molar-refractivity contribution is 5.91. The van der Waals surface area contributed by atoms with Crippen LogP contribution in [0.3, 0.4) is 0 Å². The van der Waals surface area contributed by atoms with Crippen LogP contribution in [0.25, 0.3) is 0 Å². The van der Waals surface area contributed by atoms with Gasteiger partial charge in [-0.2, -0.15) is 0 Å². The van der Waals surface area contributed by atoms with Crippen molar-refractivity contribution in [2.75, 3.05) is 13.1 Å². The van der Waals surface area contributed by atoms with E-state index in [0.29, 0.717) is 25.9 Å². The van der Waals surface area contributed by atoms with Gasteiger partial charge in [0.15, 0.2) is 0 Å². The molecule has 1 aliphatic heterocycles. The summed E-state index contributed by atoms with van der Waals surface area (Å²) >= 11 is 0. The average Bonchev–Trinajstić information content (AvgIpc) is 2.92. The van der Waals surface area contributed by atoms with E-state index in [1.807, 2.05) is 6.92 Å². The van der Waals surface area contributed by atoms with Crippen LogP contribution in [0.1, 0.15) is 58.3 Å². The summed E-state index contributed by atoms with van der Waals surface area (Å²) in [4.78, 5) is 26.4. The SMILES string of the molecule is CCC1(C(=O)O)CCCN1C(=O)C1(CN)CCCCC1. The molecule has 1 unspecified atom stereocenters. The van der Waals surface area contributed by atoms with Crippen molar-refractivity contribution >= 4 is 11.9 Å². The van der Waals surface area contributed by atoms with Gasteiger partial charge in [-0.25, -0.2) is 4.79 Å². The van der Waals surface area contributed by atoms with Crippen molar-refractivity contribution in [2.45, 2.75) is 63.8 Å². The highest BCUT2D eigenvalue weighted by Gasteiger charge is 2.53. The fourth-order valence-electron chi connectivity index (χ4n) is 3.94. The number of carbonyl (C=O) groups is 2. The van der Waals surface area contributed by atoms with Crippen LogP contribution in [0.5, 0.6) is 0 Å². The molecule has 1 saturated carbocycles. The molecule has 114 valence electrons. The second-order valence-electron chi connectivity index (χ2n) is 6.30. The first-order chi connectivity index (χ1) is 9.52. The molecule has 0 aromatic heterocycles. The maximum Gasteiger partial charge on any atom is 0.329 e. The van der Waals surface area contributed by atoms with E-state index in [2.05, 4.69) is 0 Å². The lowest BCUT2D eigenvalue weighted by atomic mass is 9.72. The molecule has 2 fully saturated rings. The molecule has 0 aromatic carbocycles. The minimum absolute atomic E-state index is 0.0125. The van der Waals surface area contributed by atoms with E-state index in [4.69, 9.17) is 5.73 Å². The smallest absolute Gasteiger partial charge is 0.329 e. The van der Waals surface area contributed by atoms with Crippen LogP contribution in [-0.4, -0.2) is 40.5 Å². The quantitative estimate of drug-likeness (QED) is 0.823. The Bertz CT molecular complexity index is 391.